The first kappa shape index (κ1) is 19.5. The molecule has 0 amide bonds. The third-order valence-corrected chi connectivity index (χ3v) is 7.11. The Bertz CT molecular complexity index is 1110. The van der Waals surface area contributed by atoms with Crippen LogP contribution in [0.4, 0.5) is 0 Å². The van der Waals surface area contributed by atoms with Gasteiger partial charge in [0.2, 0.25) is 0 Å². The third-order valence-electron chi connectivity index (χ3n) is 4.97. The molecule has 0 radical (unpaired) electrons. The van der Waals surface area contributed by atoms with Crippen LogP contribution in [0.25, 0.3) is 11.1 Å². The minimum atomic E-state index is -3.17. The fourth-order valence-corrected chi connectivity index (χ4v) is 4.86. The number of benzene rings is 2. The van der Waals surface area contributed by atoms with Gasteiger partial charge in [-0.25, -0.2) is 18.4 Å². The molecule has 0 atom stereocenters. The topological polar surface area (TPSA) is 77.0 Å². The van der Waals surface area contributed by atoms with E-state index in [0.29, 0.717) is 12.1 Å². The molecule has 1 aliphatic carbocycles. The lowest BCUT2D eigenvalue weighted by atomic mass is 10.0. The van der Waals surface area contributed by atoms with Gasteiger partial charge in [-0.2, -0.15) is 0 Å². The number of hydrogen-bond acceptors (Lipinski definition) is 5. The number of hydrogen-bond donors (Lipinski definition) is 0. The SMILES string of the molecule is O=C(Cc1ccc(-c2ccccc2)cc1)Cc1ccnc(CS(=O)(=O)C2CC2)n1. The molecule has 1 heterocycles. The van der Waals surface area contributed by atoms with Crippen LogP contribution in [0.2, 0.25) is 0 Å². The van der Waals surface area contributed by atoms with Crippen molar-refractivity contribution in [2.45, 2.75) is 36.7 Å². The molecule has 1 aliphatic rings. The van der Waals surface area contributed by atoms with Crippen LogP contribution in [0.3, 0.4) is 0 Å². The van der Waals surface area contributed by atoms with E-state index in [2.05, 4.69) is 22.1 Å². The number of nitrogens with zero attached hydrogens (tertiary/aromatic N) is 2. The van der Waals surface area contributed by atoms with Crippen molar-refractivity contribution in [1.82, 2.24) is 9.97 Å². The van der Waals surface area contributed by atoms with Crippen LogP contribution in [0.5, 0.6) is 0 Å². The minimum Gasteiger partial charge on any atom is -0.299 e. The smallest absolute Gasteiger partial charge is 0.160 e. The molecule has 148 valence electrons. The molecule has 4 rings (SSSR count). The molecule has 0 unspecified atom stereocenters. The molecule has 1 aromatic heterocycles. The Morgan fingerprint density at radius 2 is 1.59 bits per heavy atom. The van der Waals surface area contributed by atoms with E-state index in [0.717, 1.165) is 29.5 Å². The van der Waals surface area contributed by atoms with Gasteiger partial charge in [-0.3, -0.25) is 4.79 Å². The second-order valence-corrected chi connectivity index (χ2v) is 9.71. The van der Waals surface area contributed by atoms with Crippen molar-refractivity contribution in [3.63, 3.8) is 0 Å². The minimum absolute atomic E-state index is 0.0344. The fourth-order valence-electron chi connectivity index (χ4n) is 3.27. The summed E-state index contributed by atoms with van der Waals surface area (Å²) in [5.41, 5.74) is 3.76. The summed E-state index contributed by atoms with van der Waals surface area (Å²) >= 11 is 0. The van der Waals surface area contributed by atoms with Crippen molar-refractivity contribution in [3.05, 3.63) is 83.9 Å². The summed E-state index contributed by atoms with van der Waals surface area (Å²) in [6.45, 7) is 0. The maximum Gasteiger partial charge on any atom is 0.160 e. The summed E-state index contributed by atoms with van der Waals surface area (Å²) in [5.74, 6) is 0.155. The molecule has 0 aliphatic heterocycles. The van der Waals surface area contributed by atoms with E-state index >= 15 is 0 Å². The van der Waals surface area contributed by atoms with Gasteiger partial charge < -0.3 is 0 Å². The predicted octanol–water partition coefficient (Wildman–Crippen LogP) is 3.58. The molecule has 1 saturated carbocycles. The van der Waals surface area contributed by atoms with Gasteiger partial charge in [0.25, 0.3) is 0 Å². The predicted molar refractivity (Wildman–Crippen MR) is 112 cm³/mol. The van der Waals surface area contributed by atoms with E-state index in [-0.39, 0.29) is 29.0 Å². The highest BCUT2D eigenvalue weighted by molar-refractivity contribution is 7.91. The van der Waals surface area contributed by atoms with E-state index < -0.39 is 9.84 Å². The van der Waals surface area contributed by atoms with E-state index in [1.165, 1.54) is 6.20 Å². The number of rotatable bonds is 8. The molecule has 0 spiro atoms. The van der Waals surface area contributed by atoms with Gasteiger partial charge in [0.05, 0.1) is 10.9 Å². The van der Waals surface area contributed by atoms with Gasteiger partial charge in [-0.15, -0.1) is 0 Å². The molecular formula is C23H22N2O3S. The first-order valence-electron chi connectivity index (χ1n) is 9.68. The highest BCUT2D eigenvalue weighted by atomic mass is 32.2. The van der Waals surface area contributed by atoms with E-state index in [1.54, 1.807) is 6.07 Å². The van der Waals surface area contributed by atoms with Crippen LogP contribution in [-0.2, 0) is 33.2 Å². The van der Waals surface area contributed by atoms with Gasteiger partial charge in [-0.1, -0.05) is 54.6 Å². The van der Waals surface area contributed by atoms with Gasteiger partial charge >= 0.3 is 0 Å². The molecule has 3 aromatic rings. The Labute approximate surface area is 170 Å². The number of carbonyl (C=O) groups is 1. The summed E-state index contributed by atoms with van der Waals surface area (Å²) in [5, 5.41) is -0.241. The molecule has 2 aromatic carbocycles. The van der Waals surface area contributed by atoms with Crippen molar-refractivity contribution in [1.29, 1.82) is 0 Å². The Balaban J connectivity index is 1.38. The zero-order valence-corrected chi connectivity index (χ0v) is 16.8. The first-order chi connectivity index (χ1) is 14.0. The van der Waals surface area contributed by atoms with Crippen molar-refractivity contribution in [2.24, 2.45) is 0 Å². The van der Waals surface area contributed by atoms with E-state index in [9.17, 15) is 13.2 Å². The molecule has 1 fully saturated rings. The zero-order chi connectivity index (χ0) is 20.3. The van der Waals surface area contributed by atoms with E-state index in [4.69, 9.17) is 0 Å². The molecule has 29 heavy (non-hydrogen) atoms. The highest BCUT2D eigenvalue weighted by Gasteiger charge is 2.36. The Kier molecular flexibility index (Phi) is 5.53. The second kappa shape index (κ2) is 8.25. The van der Waals surface area contributed by atoms with Crippen LogP contribution < -0.4 is 0 Å². The zero-order valence-electron chi connectivity index (χ0n) is 16.0. The van der Waals surface area contributed by atoms with Crippen LogP contribution in [0, 0.1) is 0 Å². The standard InChI is InChI=1S/C23H22N2O3S/c26-21(14-17-6-8-19(9-7-17)18-4-2-1-3-5-18)15-20-12-13-24-23(25-20)16-29(27,28)22-10-11-22/h1-9,12-13,22H,10-11,14-16H2. The summed E-state index contributed by atoms with van der Waals surface area (Å²) in [6, 6.07) is 19.7. The van der Waals surface area contributed by atoms with Crippen LogP contribution >= 0.6 is 0 Å². The highest BCUT2D eigenvalue weighted by Crippen LogP contribution is 2.30. The summed E-state index contributed by atoms with van der Waals surface area (Å²) in [6.07, 6.45) is 3.46. The van der Waals surface area contributed by atoms with Crippen molar-refractivity contribution < 1.29 is 13.2 Å². The third kappa shape index (κ3) is 5.15. The molecule has 6 heteroatoms. The van der Waals surface area contributed by atoms with Crippen LogP contribution in [-0.4, -0.2) is 29.4 Å². The number of Topliss-reactive ketones (excluding diaryl/α,β-unsaturated/α-hetero) is 1. The van der Waals surface area contributed by atoms with Crippen molar-refractivity contribution in [2.75, 3.05) is 0 Å². The summed E-state index contributed by atoms with van der Waals surface area (Å²) in [7, 11) is -3.17. The quantitative estimate of drug-likeness (QED) is 0.571. The summed E-state index contributed by atoms with van der Waals surface area (Å²) < 4.78 is 24.2. The van der Waals surface area contributed by atoms with Crippen molar-refractivity contribution >= 4 is 15.6 Å². The average molecular weight is 407 g/mol. The molecule has 0 saturated heterocycles. The molecule has 0 N–H and O–H groups in total. The Morgan fingerprint density at radius 3 is 2.28 bits per heavy atom. The summed E-state index contributed by atoms with van der Waals surface area (Å²) in [4.78, 5) is 20.8. The lowest BCUT2D eigenvalue weighted by Crippen LogP contribution is -2.14. The second-order valence-electron chi connectivity index (χ2n) is 7.43. The molecule has 5 nitrogen and oxygen atoms in total. The maximum absolute atomic E-state index is 12.5. The van der Waals surface area contributed by atoms with Gasteiger partial charge in [0.1, 0.15) is 17.4 Å². The fraction of sp³-hybridized carbons (Fsp3) is 0.261. The normalized spacial score (nSPS) is 13.9. The van der Waals surface area contributed by atoms with Crippen LogP contribution in [0.1, 0.15) is 29.9 Å². The lowest BCUT2D eigenvalue weighted by molar-refractivity contribution is -0.117. The largest absolute Gasteiger partial charge is 0.299 e. The molecule has 0 bridgehead atoms. The lowest BCUT2D eigenvalue weighted by Gasteiger charge is -2.06. The monoisotopic (exact) mass is 406 g/mol. The van der Waals surface area contributed by atoms with Crippen molar-refractivity contribution in [3.8, 4) is 11.1 Å². The average Bonchev–Trinajstić information content (AvgIpc) is 3.55. The Morgan fingerprint density at radius 1 is 0.897 bits per heavy atom. The Hall–Kier alpha value is -2.86. The maximum atomic E-state index is 12.5. The van der Waals surface area contributed by atoms with Gasteiger partial charge in [-0.05, 0) is 35.6 Å². The number of aromatic nitrogens is 2. The first-order valence-corrected chi connectivity index (χ1v) is 11.4. The van der Waals surface area contributed by atoms with Crippen LogP contribution in [0.15, 0.2) is 66.9 Å². The van der Waals surface area contributed by atoms with E-state index in [1.807, 2.05) is 42.5 Å². The number of sulfone groups is 1. The van der Waals surface area contributed by atoms with Gasteiger partial charge in [0.15, 0.2) is 9.84 Å². The molecular weight excluding hydrogens is 384 g/mol. The number of ketones is 1. The number of carbonyl (C=O) groups excluding carboxylic acids is 1. The van der Waals surface area contributed by atoms with Gasteiger partial charge in [0, 0.05) is 19.0 Å².